The van der Waals surface area contributed by atoms with Crippen LogP contribution in [0.1, 0.15) is 10.5 Å². The predicted molar refractivity (Wildman–Crippen MR) is 72.1 cm³/mol. The summed E-state index contributed by atoms with van der Waals surface area (Å²) in [4.78, 5) is 14.2. The van der Waals surface area contributed by atoms with E-state index in [2.05, 4.69) is 50.5 Å². The molecule has 1 aromatic rings. The van der Waals surface area contributed by atoms with E-state index < -0.39 is 16.1 Å². The number of hydrogen-bond acceptors (Lipinski definition) is 1. The molecular formula is C11H21NOSi2. The fraction of sp³-hybridized carbons (Fsp3) is 0.545. The Labute approximate surface area is 94.1 Å². The summed E-state index contributed by atoms with van der Waals surface area (Å²) in [5.41, 5.74) is 0.812. The van der Waals surface area contributed by atoms with Crippen LogP contribution in [-0.4, -0.2) is 27.4 Å². The van der Waals surface area contributed by atoms with Crippen molar-refractivity contribution in [2.45, 2.75) is 39.3 Å². The van der Waals surface area contributed by atoms with Crippen LogP contribution in [0, 0.1) is 0 Å². The van der Waals surface area contributed by atoms with Crippen LogP contribution in [0.25, 0.3) is 0 Å². The van der Waals surface area contributed by atoms with Crippen molar-refractivity contribution in [1.82, 2.24) is 4.98 Å². The van der Waals surface area contributed by atoms with Gasteiger partial charge in [0.15, 0.2) is 6.29 Å². The van der Waals surface area contributed by atoms with E-state index in [0.29, 0.717) is 0 Å². The molecule has 1 heterocycles. The largest absolute Gasteiger partial charge is 0.359 e. The molecule has 0 aliphatic carbocycles. The summed E-state index contributed by atoms with van der Waals surface area (Å²) in [5.74, 6) is 0. The van der Waals surface area contributed by atoms with Gasteiger partial charge in [0, 0.05) is 6.20 Å². The molecule has 4 heteroatoms. The fourth-order valence-electron chi connectivity index (χ4n) is 1.93. The number of aldehydes is 1. The standard InChI is InChI=1S/C11H21NOSi2/c1-14(2,3)10-7-12-9(8-13)11(10)15(4,5)6/h7-8,12H,1-6H3. The van der Waals surface area contributed by atoms with Gasteiger partial charge in [-0.1, -0.05) is 39.3 Å². The molecule has 0 spiro atoms. The zero-order valence-corrected chi connectivity index (χ0v) is 12.6. The Hall–Kier alpha value is -0.616. The average Bonchev–Trinajstić information content (AvgIpc) is 2.44. The summed E-state index contributed by atoms with van der Waals surface area (Å²) < 4.78 is 0. The first kappa shape index (κ1) is 12.5. The average molecular weight is 239 g/mol. The number of nitrogens with one attached hydrogen (secondary N) is 1. The first-order chi connectivity index (χ1) is 6.68. The van der Waals surface area contributed by atoms with E-state index in [0.717, 1.165) is 12.0 Å². The van der Waals surface area contributed by atoms with E-state index in [-0.39, 0.29) is 0 Å². The van der Waals surface area contributed by atoms with Gasteiger partial charge in [-0.05, 0) is 10.4 Å². The van der Waals surface area contributed by atoms with Crippen LogP contribution in [-0.2, 0) is 0 Å². The van der Waals surface area contributed by atoms with Gasteiger partial charge in [-0.15, -0.1) is 0 Å². The van der Waals surface area contributed by atoms with Crippen LogP contribution in [0.2, 0.25) is 39.3 Å². The second-order valence-corrected chi connectivity index (χ2v) is 16.1. The molecule has 0 fully saturated rings. The van der Waals surface area contributed by atoms with E-state index in [1.807, 2.05) is 0 Å². The Kier molecular flexibility index (Phi) is 3.12. The molecule has 84 valence electrons. The third-order valence-corrected chi connectivity index (χ3v) is 6.89. The minimum Gasteiger partial charge on any atom is -0.359 e. The van der Waals surface area contributed by atoms with Crippen molar-refractivity contribution < 1.29 is 4.79 Å². The monoisotopic (exact) mass is 239 g/mol. The fourth-order valence-corrected chi connectivity index (χ4v) is 7.39. The number of aromatic amines is 1. The molecule has 1 rings (SSSR count). The Balaban J connectivity index is 3.44. The van der Waals surface area contributed by atoms with Gasteiger partial charge in [0.25, 0.3) is 0 Å². The summed E-state index contributed by atoms with van der Waals surface area (Å²) >= 11 is 0. The quantitative estimate of drug-likeness (QED) is 0.634. The molecule has 0 radical (unpaired) electrons. The highest BCUT2D eigenvalue weighted by Crippen LogP contribution is 2.08. The molecule has 0 aromatic carbocycles. The van der Waals surface area contributed by atoms with Crippen LogP contribution in [0.15, 0.2) is 6.20 Å². The van der Waals surface area contributed by atoms with Crippen LogP contribution < -0.4 is 10.4 Å². The van der Waals surface area contributed by atoms with Crippen molar-refractivity contribution in [2.24, 2.45) is 0 Å². The van der Waals surface area contributed by atoms with Crippen LogP contribution >= 0.6 is 0 Å². The van der Waals surface area contributed by atoms with E-state index >= 15 is 0 Å². The number of hydrogen-bond donors (Lipinski definition) is 1. The Bertz CT molecular complexity index is 369. The zero-order valence-electron chi connectivity index (χ0n) is 10.6. The van der Waals surface area contributed by atoms with E-state index in [4.69, 9.17) is 0 Å². The van der Waals surface area contributed by atoms with E-state index in [1.54, 1.807) is 0 Å². The van der Waals surface area contributed by atoms with Crippen molar-refractivity contribution in [2.75, 3.05) is 0 Å². The third kappa shape index (κ3) is 2.49. The topological polar surface area (TPSA) is 32.9 Å². The molecule has 2 nitrogen and oxygen atoms in total. The maximum Gasteiger partial charge on any atom is 0.166 e. The number of aromatic nitrogens is 1. The van der Waals surface area contributed by atoms with Gasteiger partial charge >= 0.3 is 0 Å². The highest BCUT2D eigenvalue weighted by molar-refractivity contribution is 6.99. The summed E-state index contributed by atoms with van der Waals surface area (Å²) in [6, 6.07) is 0. The molecule has 0 aliphatic heterocycles. The van der Waals surface area contributed by atoms with Crippen LogP contribution in [0.3, 0.4) is 0 Å². The molecule has 0 atom stereocenters. The second-order valence-electron chi connectivity index (χ2n) is 6.11. The summed E-state index contributed by atoms with van der Waals surface area (Å²) in [5, 5.41) is 2.78. The molecule has 0 bridgehead atoms. The molecule has 1 N–H and O–H groups in total. The van der Waals surface area contributed by atoms with Gasteiger partial charge in [0.05, 0.1) is 21.8 Å². The lowest BCUT2D eigenvalue weighted by molar-refractivity contribution is 0.112. The van der Waals surface area contributed by atoms with Gasteiger partial charge in [-0.3, -0.25) is 4.79 Å². The molecule has 1 aromatic heterocycles. The molecule has 0 aliphatic rings. The zero-order chi connectivity index (χ0) is 11.9. The summed E-state index contributed by atoms with van der Waals surface area (Å²) in [6.07, 6.45) is 3.03. The lowest BCUT2D eigenvalue weighted by Gasteiger charge is -2.24. The summed E-state index contributed by atoms with van der Waals surface area (Å²) in [6.45, 7) is 13.9. The van der Waals surface area contributed by atoms with Gasteiger partial charge in [-0.2, -0.15) is 0 Å². The van der Waals surface area contributed by atoms with Gasteiger partial charge in [0.2, 0.25) is 0 Å². The highest BCUT2D eigenvalue weighted by atomic mass is 28.3. The minimum absolute atomic E-state index is 0.812. The second kappa shape index (κ2) is 3.75. The van der Waals surface area contributed by atoms with Crippen molar-refractivity contribution >= 4 is 32.8 Å². The normalized spacial score (nSPS) is 12.9. The Morgan fingerprint density at radius 3 is 1.93 bits per heavy atom. The minimum atomic E-state index is -1.43. The van der Waals surface area contributed by atoms with Gasteiger partial charge < -0.3 is 4.98 Å². The number of carbonyl (C=O) groups excluding carboxylic acids is 1. The van der Waals surface area contributed by atoms with Crippen LogP contribution in [0.4, 0.5) is 0 Å². The van der Waals surface area contributed by atoms with Crippen LogP contribution in [0.5, 0.6) is 0 Å². The lowest BCUT2D eigenvalue weighted by atomic mass is 10.5. The first-order valence-corrected chi connectivity index (χ1v) is 12.4. The molecule has 0 amide bonds. The van der Waals surface area contributed by atoms with Crippen molar-refractivity contribution in [1.29, 1.82) is 0 Å². The molecule has 15 heavy (non-hydrogen) atoms. The Morgan fingerprint density at radius 2 is 1.60 bits per heavy atom. The van der Waals surface area contributed by atoms with Crippen molar-refractivity contribution in [3.8, 4) is 0 Å². The van der Waals surface area contributed by atoms with E-state index in [9.17, 15) is 4.79 Å². The molecular weight excluding hydrogens is 218 g/mol. The lowest BCUT2D eigenvalue weighted by Crippen LogP contribution is -2.55. The van der Waals surface area contributed by atoms with Gasteiger partial charge in [-0.25, -0.2) is 0 Å². The SMILES string of the molecule is C[Si](C)(C)c1c[nH]c(C=O)c1[Si](C)(C)C. The maximum atomic E-state index is 11.0. The van der Waals surface area contributed by atoms with Gasteiger partial charge in [0.1, 0.15) is 0 Å². The van der Waals surface area contributed by atoms with Crippen molar-refractivity contribution in [3.05, 3.63) is 11.9 Å². The number of carbonyl (C=O) groups is 1. The highest BCUT2D eigenvalue weighted by Gasteiger charge is 2.31. The maximum absolute atomic E-state index is 11.0. The number of H-pyrrole nitrogens is 1. The van der Waals surface area contributed by atoms with E-state index in [1.165, 1.54) is 10.4 Å². The summed E-state index contributed by atoms with van der Waals surface area (Å²) in [7, 11) is -2.77. The number of rotatable bonds is 3. The smallest absolute Gasteiger partial charge is 0.166 e. The molecule has 0 saturated carbocycles. The molecule has 0 saturated heterocycles. The third-order valence-electron chi connectivity index (χ3n) is 2.59. The Morgan fingerprint density at radius 1 is 1.07 bits per heavy atom. The molecule has 0 unspecified atom stereocenters. The predicted octanol–water partition coefficient (Wildman–Crippen LogP) is 1.92. The first-order valence-electron chi connectivity index (χ1n) is 5.35. The van der Waals surface area contributed by atoms with Crippen molar-refractivity contribution in [3.63, 3.8) is 0 Å².